The smallest absolute Gasteiger partial charge is 0.0561 e. The third-order valence-corrected chi connectivity index (χ3v) is 2.14. The van der Waals surface area contributed by atoms with Gasteiger partial charge >= 0.3 is 0 Å². The number of pyridine rings is 1. The average molecular weight is 211 g/mol. The molecule has 1 N–H and O–H groups in total. The van der Waals surface area contributed by atoms with Gasteiger partial charge in [-0.3, -0.25) is 10.4 Å². The van der Waals surface area contributed by atoms with Crippen LogP contribution in [0.3, 0.4) is 0 Å². The highest BCUT2D eigenvalue weighted by molar-refractivity contribution is 5.79. The van der Waals surface area contributed by atoms with Gasteiger partial charge in [-0.25, -0.2) is 0 Å². The van der Waals surface area contributed by atoms with Crippen LogP contribution in [0.2, 0.25) is 0 Å². The maximum Gasteiger partial charge on any atom is 0.0561 e. The summed E-state index contributed by atoms with van der Waals surface area (Å²) in [5.41, 5.74) is 6.15. The minimum absolute atomic E-state index is 0.974. The van der Waals surface area contributed by atoms with Gasteiger partial charge in [0.2, 0.25) is 0 Å². The number of anilines is 1. The van der Waals surface area contributed by atoms with Gasteiger partial charge in [0.15, 0.2) is 0 Å². The highest BCUT2D eigenvalue weighted by atomic mass is 15.3. The predicted octanol–water partition coefficient (Wildman–Crippen LogP) is 2.84. The molecule has 80 valence electrons. The lowest BCUT2D eigenvalue weighted by Crippen LogP contribution is -1.90. The Bertz CT molecular complexity index is 460. The summed E-state index contributed by atoms with van der Waals surface area (Å²) in [4.78, 5) is 4.00. The molecule has 0 amide bonds. The quantitative estimate of drug-likeness (QED) is 0.626. The van der Waals surface area contributed by atoms with E-state index in [1.807, 2.05) is 36.4 Å². The molecule has 0 aliphatic heterocycles. The highest BCUT2D eigenvalue weighted by Gasteiger charge is 1.88. The molecule has 1 aromatic heterocycles. The van der Waals surface area contributed by atoms with Crippen molar-refractivity contribution in [3.05, 3.63) is 59.9 Å². The van der Waals surface area contributed by atoms with Crippen LogP contribution in [0.1, 0.15) is 11.1 Å². The van der Waals surface area contributed by atoms with Gasteiger partial charge in [0, 0.05) is 18.0 Å². The second-order valence-electron chi connectivity index (χ2n) is 3.52. The first-order valence-corrected chi connectivity index (χ1v) is 5.10. The number of rotatable bonds is 3. The molecule has 2 aromatic rings. The molecule has 0 fully saturated rings. The first-order valence-electron chi connectivity index (χ1n) is 5.10. The van der Waals surface area contributed by atoms with Crippen molar-refractivity contribution in [3.8, 4) is 0 Å². The zero-order valence-corrected chi connectivity index (χ0v) is 9.09. The van der Waals surface area contributed by atoms with Crippen molar-refractivity contribution in [2.24, 2.45) is 5.10 Å². The fraction of sp³-hybridized carbons (Fsp3) is 0.0769. The van der Waals surface area contributed by atoms with Crippen molar-refractivity contribution >= 4 is 11.9 Å². The Morgan fingerprint density at radius 2 is 2.00 bits per heavy atom. The summed E-state index contributed by atoms with van der Waals surface area (Å²) in [5.74, 6) is 0. The zero-order valence-electron chi connectivity index (χ0n) is 9.09. The van der Waals surface area contributed by atoms with Gasteiger partial charge in [-0.1, -0.05) is 23.8 Å². The van der Waals surface area contributed by atoms with Crippen molar-refractivity contribution < 1.29 is 0 Å². The molecule has 0 spiro atoms. The number of aromatic nitrogens is 1. The van der Waals surface area contributed by atoms with E-state index >= 15 is 0 Å². The topological polar surface area (TPSA) is 37.3 Å². The third-order valence-electron chi connectivity index (χ3n) is 2.14. The Morgan fingerprint density at radius 3 is 2.69 bits per heavy atom. The van der Waals surface area contributed by atoms with Gasteiger partial charge < -0.3 is 0 Å². The van der Waals surface area contributed by atoms with Crippen LogP contribution in [0.5, 0.6) is 0 Å². The number of nitrogens with zero attached hydrogens (tertiary/aromatic N) is 2. The fourth-order valence-electron chi connectivity index (χ4n) is 1.26. The summed E-state index contributed by atoms with van der Waals surface area (Å²) in [7, 11) is 0. The minimum Gasteiger partial charge on any atom is -0.279 e. The van der Waals surface area contributed by atoms with E-state index in [0.717, 1.165) is 11.3 Å². The molecule has 1 aromatic carbocycles. The van der Waals surface area contributed by atoms with E-state index in [4.69, 9.17) is 0 Å². The lowest BCUT2D eigenvalue weighted by atomic mass is 10.2. The molecule has 0 aliphatic carbocycles. The Hall–Kier alpha value is -2.16. The molecule has 0 aliphatic rings. The molecule has 0 unspecified atom stereocenters. The minimum atomic E-state index is 0.974. The van der Waals surface area contributed by atoms with Gasteiger partial charge in [0.25, 0.3) is 0 Å². The van der Waals surface area contributed by atoms with Crippen LogP contribution < -0.4 is 5.43 Å². The second kappa shape index (κ2) is 5.07. The molecular weight excluding hydrogens is 198 g/mol. The Labute approximate surface area is 94.9 Å². The molecular formula is C13H13N3. The number of hydrogen-bond donors (Lipinski definition) is 1. The SMILES string of the molecule is Cc1ccc(NN=Cc2cccnc2)cc1. The Kier molecular flexibility index (Phi) is 3.28. The maximum absolute atomic E-state index is 4.13. The largest absolute Gasteiger partial charge is 0.279 e. The summed E-state index contributed by atoms with van der Waals surface area (Å²) in [5, 5.41) is 4.13. The van der Waals surface area contributed by atoms with E-state index in [1.165, 1.54) is 5.56 Å². The van der Waals surface area contributed by atoms with Crippen LogP contribution in [-0.4, -0.2) is 11.2 Å². The van der Waals surface area contributed by atoms with Gasteiger partial charge in [0.05, 0.1) is 11.9 Å². The molecule has 0 radical (unpaired) electrons. The molecule has 1 heterocycles. The van der Waals surface area contributed by atoms with Crippen molar-refractivity contribution in [1.82, 2.24) is 4.98 Å². The standard InChI is InChI=1S/C13H13N3/c1-11-4-6-13(7-5-11)16-15-10-12-3-2-8-14-9-12/h2-10,16H,1H3. The van der Waals surface area contributed by atoms with E-state index in [-0.39, 0.29) is 0 Å². The van der Waals surface area contributed by atoms with E-state index < -0.39 is 0 Å². The molecule has 3 nitrogen and oxygen atoms in total. The second-order valence-corrected chi connectivity index (χ2v) is 3.52. The fourth-order valence-corrected chi connectivity index (χ4v) is 1.26. The van der Waals surface area contributed by atoms with Gasteiger partial charge in [-0.2, -0.15) is 5.10 Å². The van der Waals surface area contributed by atoms with E-state index in [0.29, 0.717) is 0 Å². The van der Waals surface area contributed by atoms with Crippen LogP contribution in [0.25, 0.3) is 0 Å². The third kappa shape index (κ3) is 2.92. The Balaban J connectivity index is 1.97. The Morgan fingerprint density at radius 1 is 1.19 bits per heavy atom. The number of aryl methyl sites for hydroxylation is 1. The van der Waals surface area contributed by atoms with Gasteiger partial charge in [-0.05, 0) is 25.1 Å². The molecule has 0 saturated carbocycles. The van der Waals surface area contributed by atoms with Crippen molar-refractivity contribution in [1.29, 1.82) is 0 Å². The monoisotopic (exact) mass is 211 g/mol. The van der Waals surface area contributed by atoms with Gasteiger partial charge in [-0.15, -0.1) is 0 Å². The number of hydrogen-bond acceptors (Lipinski definition) is 3. The van der Waals surface area contributed by atoms with Crippen LogP contribution in [-0.2, 0) is 0 Å². The first-order chi connectivity index (χ1) is 7.84. The molecule has 0 bridgehead atoms. The summed E-state index contributed by atoms with van der Waals surface area (Å²) in [6, 6.07) is 11.9. The molecule has 16 heavy (non-hydrogen) atoms. The van der Waals surface area contributed by atoms with E-state index in [2.05, 4.69) is 22.4 Å². The molecule has 3 heteroatoms. The van der Waals surface area contributed by atoms with Crippen LogP contribution in [0.15, 0.2) is 53.9 Å². The summed E-state index contributed by atoms with van der Waals surface area (Å²) < 4.78 is 0. The molecule has 0 saturated heterocycles. The van der Waals surface area contributed by atoms with Crippen molar-refractivity contribution in [2.45, 2.75) is 6.92 Å². The summed E-state index contributed by atoms with van der Waals surface area (Å²) >= 11 is 0. The predicted molar refractivity (Wildman–Crippen MR) is 66.6 cm³/mol. The number of nitrogens with one attached hydrogen (secondary N) is 1. The molecule has 0 atom stereocenters. The highest BCUT2D eigenvalue weighted by Crippen LogP contribution is 2.08. The van der Waals surface area contributed by atoms with Crippen LogP contribution in [0.4, 0.5) is 5.69 Å². The van der Waals surface area contributed by atoms with Crippen molar-refractivity contribution in [3.63, 3.8) is 0 Å². The zero-order chi connectivity index (χ0) is 11.2. The van der Waals surface area contributed by atoms with Gasteiger partial charge in [0.1, 0.15) is 0 Å². The number of hydrazone groups is 1. The number of benzene rings is 1. The average Bonchev–Trinajstić information content (AvgIpc) is 2.33. The lowest BCUT2D eigenvalue weighted by molar-refractivity contribution is 1.30. The molecule has 2 rings (SSSR count). The maximum atomic E-state index is 4.13. The summed E-state index contributed by atoms with van der Waals surface area (Å²) in [6.45, 7) is 2.06. The van der Waals surface area contributed by atoms with E-state index in [1.54, 1.807) is 18.6 Å². The van der Waals surface area contributed by atoms with Crippen LogP contribution in [0, 0.1) is 6.92 Å². The van der Waals surface area contributed by atoms with Crippen LogP contribution >= 0.6 is 0 Å². The van der Waals surface area contributed by atoms with E-state index in [9.17, 15) is 0 Å². The first kappa shape index (κ1) is 10.4. The van der Waals surface area contributed by atoms with Crippen molar-refractivity contribution in [2.75, 3.05) is 5.43 Å². The normalized spacial score (nSPS) is 10.6. The summed E-state index contributed by atoms with van der Waals surface area (Å²) in [6.07, 6.45) is 5.25. The lowest BCUT2D eigenvalue weighted by Gasteiger charge is -1.99.